The summed E-state index contributed by atoms with van der Waals surface area (Å²) in [5, 5.41) is 11.8. The molecule has 0 saturated carbocycles. The van der Waals surface area contributed by atoms with Crippen molar-refractivity contribution in [3.63, 3.8) is 0 Å². The fraction of sp³-hybridized carbons (Fsp3) is 0.286. The Morgan fingerprint density at radius 3 is 2.46 bits per heavy atom. The molecule has 1 aliphatic rings. The Labute approximate surface area is 153 Å². The molecule has 3 rings (SSSR count). The van der Waals surface area contributed by atoms with Crippen molar-refractivity contribution in [3.8, 4) is 6.07 Å². The molecular formula is C21H21N3O2. The number of nitrogens with zero attached hydrogens (tertiary/aromatic N) is 2. The quantitative estimate of drug-likeness (QED) is 0.925. The van der Waals surface area contributed by atoms with Crippen molar-refractivity contribution in [1.82, 2.24) is 4.90 Å². The smallest absolute Gasteiger partial charge is 0.253 e. The van der Waals surface area contributed by atoms with E-state index in [0.717, 1.165) is 5.56 Å². The number of benzene rings is 2. The van der Waals surface area contributed by atoms with Crippen LogP contribution in [0.1, 0.15) is 34.3 Å². The number of likely N-dealkylation sites (tertiary alicyclic amines) is 1. The lowest BCUT2D eigenvalue weighted by Gasteiger charge is -2.31. The lowest BCUT2D eigenvalue weighted by molar-refractivity contribution is -0.121. The summed E-state index contributed by atoms with van der Waals surface area (Å²) in [7, 11) is 0. The van der Waals surface area contributed by atoms with Crippen molar-refractivity contribution < 1.29 is 9.59 Å². The Balaban J connectivity index is 1.56. The van der Waals surface area contributed by atoms with Gasteiger partial charge in [0, 0.05) is 30.3 Å². The maximum absolute atomic E-state index is 12.5. The standard InChI is InChI=1S/C21H21N3O2/c1-15-5-7-18(8-6-15)21(26)24-11-9-17(10-12-24)20(25)23-19-4-2-3-16(13-19)14-22/h2-8,13,17H,9-12H2,1H3,(H,23,25). The topological polar surface area (TPSA) is 73.2 Å². The fourth-order valence-corrected chi connectivity index (χ4v) is 3.13. The predicted molar refractivity (Wildman–Crippen MR) is 99.6 cm³/mol. The van der Waals surface area contributed by atoms with Crippen LogP contribution in [0, 0.1) is 24.2 Å². The number of rotatable bonds is 3. The third-order valence-electron chi connectivity index (χ3n) is 4.71. The average Bonchev–Trinajstić information content (AvgIpc) is 2.68. The van der Waals surface area contributed by atoms with Gasteiger partial charge in [0.05, 0.1) is 11.6 Å². The lowest BCUT2D eigenvalue weighted by atomic mass is 9.95. The van der Waals surface area contributed by atoms with E-state index in [1.165, 1.54) is 0 Å². The van der Waals surface area contributed by atoms with Gasteiger partial charge in [-0.25, -0.2) is 0 Å². The number of hydrogen-bond donors (Lipinski definition) is 1. The Hall–Kier alpha value is -3.13. The van der Waals surface area contributed by atoms with Crippen LogP contribution in [0.2, 0.25) is 0 Å². The molecule has 0 bridgehead atoms. The highest BCUT2D eigenvalue weighted by molar-refractivity contribution is 5.95. The molecule has 0 atom stereocenters. The lowest BCUT2D eigenvalue weighted by Crippen LogP contribution is -2.41. The largest absolute Gasteiger partial charge is 0.339 e. The van der Waals surface area contributed by atoms with Crippen molar-refractivity contribution in [2.45, 2.75) is 19.8 Å². The van der Waals surface area contributed by atoms with Gasteiger partial charge in [0.1, 0.15) is 0 Å². The number of amides is 2. The highest BCUT2D eigenvalue weighted by atomic mass is 16.2. The summed E-state index contributed by atoms with van der Waals surface area (Å²) >= 11 is 0. The third-order valence-corrected chi connectivity index (χ3v) is 4.71. The van der Waals surface area contributed by atoms with Gasteiger partial charge in [0.2, 0.25) is 5.91 Å². The van der Waals surface area contributed by atoms with E-state index >= 15 is 0 Å². The fourth-order valence-electron chi connectivity index (χ4n) is 3.13. The minimum Gasteiger partial charge on any atom is -0.339 e. The molecule has 5 heteroatoms. The van der Waals surface area contributed by atoms with Crippen molar-refractivity contribution in [2.75, 3.05) is 18.4 Å². The third kappa shape index (κ3) is 4.09. The molecule has 0 aromatic heterocycles. The number of carbonyl (C=O) groups excluding carboxylic acids is 2. The van der Waals surface area contributed by atoms with E-state index in [-0.39, 0.29) is 17.7 Å². The normalized spacial score (nSPS) is 14.5. The van der Waals surface area contributed by atoms with E-state index in [1.54, 1.807) is 24.3 Å². The molecule has 2 aromatic carbocycles. The van der Waals surface area contributed by atoms with Crippen LogP contribution in [0.15, 0.2) is 48.5 Å². The Bertz CT molecular complexity index is 844. The predicted octanol–water partition coefficient (Wildman–Crippen LogP) is 3.36. The van der Waals surface area contributed by atoms with Gasteiger partial charge >= 0.3 is 0 Å². The second kappa shape index (κ2) is 7.83. The van der Waals surface area contributed by atoms with Gasteiger partial charge in [-0.05, 0) is 50.1 Å². The van der Waals surface area contributed by atoms with Crippen LogP contribution in [0.3, 0.4) is 0 Å². The molecule has 2 amide bonds. The highest BCUT2D eigenvalue weighted by Gasteiger charge is 2.27. The molecular weight excluding hydrogens is 326 g/mol. The summed E-state index contributed by atoms with van der Waals surface area (Å²) in [6.07, 6.45) is 1.28. The Kier molecular flexibility index (Phi) is 5.33. The molecule has 1 heterocycles. The van der Waals surface area contributed by atoms with Gasteiger partial charge in [-0.1, -0.05) is 23.8 Å². The number of nitriles is 1. The summed E-state index contributed by atoms with van der Waals surface area (Å²) in [6.45, 7) is 3.14. The van der Waals surface area contributed by atoms with Crippen LogP contribution in [-0.4, -0.2) is 29.8 Å². The number of carbonyl (C=O) groups is 2. The van der Waals surface area contributed by atoms with E-state index in [1.807, 2.05) is 36.1 Å². The first-order valence-corrected chi connectivity index (χ1v) is 8.74. The minimum absolute atomic E-state index is 0.0191. The molecule has 1 aliphatic heterocycles. The summed E-state index contributed by atoms with van der Waals surface area (Å²) in [5.41, 5.74) is 2.96. The van der Waals surface area contributed by atoms with Crippen LogP contribution in [0.5, 0.6) is 0 Å². The van der Waals surface area contributed by atoms with Gasteiger partial charge < -0.3 is 10.2 Å². The van der Waals surface area contributed by atoms with E-state index < -0.39 is 0 Å². The van der Waals surface area contributed by atoms with Crippen LogP contribution >= 0.6 is 0 Å². The zero-order valence-electron chi connectivity index (χ0n) is 14.7. The summed E-state index contributed by atoms with van der Waals surface area (Å²) in [5.74, 6) is -0.157. The van der Waals surface area contributed by atoms with Crippen LogP contribution < -0.4 is 5.32 Å². The van der Waals surface area contributed by atoms with Gasteiger partial charge in [0.15, 0.2) is 0 Å². The molecule has 0 unspecified atom stereocenters. The first-order chi connectivity index (χ1) is 12.6. The molecule has 1 N–H and O–H groups in total. The SMILES string of the molecule is Cc1ccc(C(=O)N2CCC(C(=O)Nc3cccc(C#N)c3)CC2)cc1. The molecule has 2 aromatic rings. The van der Waals surface area contributed by atoms with Gasteiger partial charge in [0.25, 0.3) is 5.91 Å². The maximum Gasteiger partial charge on any atom is 0.253 e. The van der Waals surface area contributed by atoms with E-state index in [2.05, 4.69) is 11.4 Å². The van der Waals surface area contributed by atoms with Crippen LogP contribution in [-0.2, 0) is 4.79 Å². The van der Waals surface area contributed by atoms with Gasteiger partial charge in [-0.3, -0.25) is 9.59 Å². The minimum atomic E-state index is -0.122. The maximum atomic E-state index is 12.5. The van der Waals surface area contributed by atoms with Crippen molar-refractivity contribution >= 4 is 17.5 Å². The van der Waals surface area contributed by atoms with Crippen LogP contribution in [0.25, 0.3) is 0 Å². The zero-order valence-corrected chi connectivity index (χ0v) is 14.7. The molecule has 1 saturated heterocycles. The molecule has 0 aliphatic carbocycles. The molecule has 132 valence electrons. The van der Waals surface area contributed by atoms with E-state index in [4.69, 9.17) is 5.26 Å². The second-order valence-electron chi connectivity index (χ2n) is 6.61. The first-order valence-electron chi connectivity index (χ1n) is 8.74. The monoisotopic (exact) mass is 347 g/mol. The van der Waals surface area contributed by atoms with Crippen molar-refractivity contribution in [3.05, 3.63) is 65.2 Å². The summed E-state index contributed by atoms with van der Waals surface area (Å²) in [4.78, 5) is 26.8. The zero-order chi connectivity index (χ0) is 18.5. The first kappa shape index (κ1) is 17.7. The number of anilines is 1. The van der Waals surface area contributed by atoms with Crippen molar-refractivity contribution in [1.29, 1.82) is 5.26 Å². The molecule has 26 heavy (non-hydrogen) atoms. The van der Waals surface area contributed by atoms with Gasteiger partial charge in [-0.15, -0.1) is 0 Å². The van der Waals surface area contributed by atoms with Crippen molar-refractivity contribution in [2.24, 2.45) is 5.92 Å². The number of hydrogen-bond acceptors (Lipinski definition) is 3. The van der Waals surface area contributed by atoms with E-state index in [9.17, 15) is 9.59 Å². The number of aryl methyl sites for hydroxylation is 1. The highest BCUT2D eigenvalue weighted by Crippen LogP contribution is 2.21. The molecule has 0 radical (unpaired) electrons. The van der Waals surface area contributed by atoms with Gasteiger partial charge in [-0.2, -0.15) is 5.26 Å². The summed E-state index contributed by atoms with van der Waals surface area (Å²) in [6, 6.07) is 16.5. The second-order valence-corrected chi connectivity index (χ2v) is 6.61. The molecule has 0 spiro atoms. The van der Waals surface area contributed by atoms with Crippen LogP contribution in [0.4, 0.5) is 5.69 Å². The summed E-state index contributed by atoms with van der Waals surface area (Å²) < 4.78 is 0. The number of piperidine rings is 1. The molecule has 1 fully saturated rings. The number of nitrogens with one attached hydrogen (secondary N) is 1. The average molecular weight is 347 g/mol. The Morgan fingerprint density at radius 1 is 1.12 bits per heavy atom. The molecule has 5 nitrogen and oxygen atoms in total. The van der Waals surface area contributed by atoms with E-state index in [0.29, 0.717) is 42.7 Å². The Morgan fingerprint density at radius 2 is 1.81 bits per heavy atom.